The Kier molecular flexibility index (Phi) is 8.59. The van der Waals surface area contributed by atoms with Crippen LogP contribution in [-0.2, 0) is 14.2 Å². The van der Waals surface area contributed by atoms with Crippen molar-refractivity contribution in [3.05, 3.63) is 94.3 Å². The Labute approximate surface area is 301 Å². The van der Waals surface area contributed by atoms with Crippen molar-refractivity contribution < 1.29 is 41.7 Å². The van der Waals surface area contributed by atoms with Crippen molar-refractivity contribution in [1.82, 2.24) is 0 Å². The third kappa shape index (κ3) is 6.66. The Morgan fingerprint density at radius 2 is 1.35 bits per heavy atom. The maximum atomic E-state index is 11.8. The third-order valence-electron chi connectivity index (χ3n) is 10.3. The topological polar surface area (TPSA) is 115 Å². The molecule has 3 atom stereocenters. The van der Waals surface area contributed by atoms with Crippen molar-refractivity contribution in [2.75, 3.05) is 13.2 Å². The highest BCUT2D eigenvalue weighted by Gasteiger charge is 2.54. The molecule has 2 aromatic carbocycles. The quantitative estimate of drug-likeness (QED) is 0.0705. The van der Waals surface area contributed by atoms with Crippen molar-refractivity contribution in [3.8, 4) is 17.2 Å². The lowest BCUT2D eigenvalue weighted by Gasteiger charge is -2.30. The van der Waals surface area contributed by atoms with Gasteiger partial charge in [-0.05, 0) is 104 Å². The van der Waals surface area contributed by atoms with Gasteiger partial charge in [0.2, 0.25) is 0 Å². The Hall–Kier alpha value is -4.77. The van der Waals surface area contributed by atoms with E-state index in [0.717, 1.165) is 41.2 Å². The van der Waals surface area contributed by atoms with Crippen LogP contribution in [0.3, 0.4) is 0 Å². The number of hydrogen-bond acceptors (Lipinski definition) is 10. The van der Waals surface area contributed by atoms with Gasteiger partial charge in [-0.1, -0.05) is 11.1 Å². The molecule has 0 bridgehead atoms. The first-order valence-corrected chi connectivity index (χ1v) is 17.9. The molecule has 8 rings (SSSR count). The van der Waals surface area contributed by atoms with Crippen molar-refractivity contribution in [1.29, 1.82) is 0 Å². The standard InChI is InChI=1S/C42H44O10/c1-25(7-10-35-40(3,4)50-35)15-20-47-39-28-13-18-42(49-34(28)24-32-30(39)17-22-45-32)51-36(41(5,6)52-42)11-8-26(2)14-19-46-38-27-9-12-37(43)48-33(27)23-31-29(38)16-21-44-31/h9,12-18,21-24,35-36H,7-8,10-11,19-20H2,1-6H3/t35?,36-,42+/m1/s1. The zero-order chi connectivity index (χ0) is 36.3. The second-order valence-corrected chi connectivity index (χ2v) is 15.0. The van der Waals surface area contributed by atoms with Gasteiger partial charge in [-0.2, -0.15) is 0 Å². The summed E-state index contributed by atoms with van der Waals surface area (Å²) in [5, 5.41) is 2.40. The zero-order valence-corrected chi connectivity index (χ0v) is 30.4. The number of ether oxygens (including phenoxy) is 6. The first-order valence-electron chi connectivity index (χ1n) is 17.9. The maximum absolute atomic E-state index is 11.8. The summed E-state index contributed by atoms with van der Waals surface area (Å²) in [6, 6.07) is 10.4. The van der Waals surface area contributed by atoms with Crippen LogP contribution in [0.2, 0.25) is 0 Å². The van der Waals surface area contributed by atoms with Crippen LogP contribution in [-0.4, -0.2) is 42.6 Å². The van der Waals surface area contributed by atoms with E-state index in [2.05, 4.69) is 33.8 Å². The summed E-state index contributed by atoms with van der Waals surface area (Å²) in [5.74, 6) is 0.495. The van der Waals surface area contributed by atoms with Crippen molar-refractivity contribution >= 4 is 39.0 Å². The van der Waals surface area contributed by atoms with Gasteiger partial charge in [0.05, 0.1) is 57.7 Å². The Morgan fingerprint density at radius 1 is 0.750 bits per heavy atom. The molecule has 5 aromatic rings. The Bertz CT molecular complexity index is 2300. The summed E-state index contributed by atoms with van der Waals surface area (Å²) in [5.41, 5.74) is 3.83. The van der Waals surface area contributed by atoms with Gasteiger partial charge in [-0.15, -0.1) is 0 Å². The van der Waals surface area contributed by atoms with E-state index in [9.17, 15) is 4.79 Å². The maximum Gasteiger partial charge on any atom is 0.350 e. The first-order chi connectivity index (χ1) is 24.9. The van der Waals surface area contributed by atoms with Gasteiger partial charge in [0.15, 0.2) is 0 Å². The molecule has 0 radical (unpaired) electrons. The molecule has 2 saturated heterocycles. The van der Waals surface area contributed by atoms with Crippen molar-refractivity contribution in [2.45, 2.75) is 96.6 Å². The summed E-state index contributed by atoms with van der Waals surface area (Å²) in [7, 11) is 0. The second kappa shape index (κ2) is 13.0. The smallest absolute Gasteiger partial charge is 0.350 e. The molecule has 3 aliphatic rings. The minimum Gasteiger partial charge on any atom is -0.488 e. The van der Waals surface area contributed by atoms with Crippen LogP contribution in [0.25, 0.3) is 39.0 Å². The lowest BCUT2D eigenvalue weighted by atomic mass is 9.96. The first kappa shape index (κ1) is 34.3. The highest BCUT2D eigenvalue weighted by atomic mass is 16.9. The molecule has 272 valence electrons. The molecule has 1 unspecified atom stereocenters. The number of hydrogen-bond donors (Lipinski definition) is 0. The van der Waals surface area contributed by atoms with Gasteiger partial charge < -0.3 is 41.7 Å². The van der Waals surface area contributed by atoms with Crippen LogP contribution in [0.4, 0.5) is 0 Å². The van der Waals surface area contributed by atoms with E-state index in [1.54, 1.807) is 24.7 Å². The molecule has 0 amide bonds. The van der Waals surface area contributed by atoms with E-state index in [1.807, 2.05) is 50.3 Å². The minimum atomic E-state index is -1.38. The molecular weight excluding hydrogens is 664 g/mol. The van der Waals surface area contributed by atoms with E-state index in [0.29, 0.717) is 65.1 Å². The lowest BCUT2D eigenvalue weighted by Crippen LogP contribution is -2.38. The number of allylic oxidation sites excluding steroid dienone is 2. The van der Waals surface area contributed by atoms with Crippen molar-refractivity contribution in [3.63, 3.8) is 0 Å². The van der Waals surface area contributed by atoms with Crippen LogP contribution in [0.15, 0.2) is 96.3 Å². The van der Waals surface area contributed by atoms with Crippen LogP contribution in [0, 0.1) is 0 Å². The van der Waals surface area contributed by atoms with E-state index in [1.165, 1.54) is 11.6 Å². The lowest BCUT2D eigenvalue weighted by molar-refractivity contribution is -0.270. The number of epoxide rings is 1. The predicted octanol–water partition coefficient (Wildman–Crippen LogP) is 9.63. The molecule has 3 aromatic heterocycles. The van der Waals surface area contributed by atoms with Crippen LogP contribution in [0.1, 0.15) is 72.8 Å². The average molecular weight is 709 g/mol. The van der Waals surface area contributed by atoms with Gasteiger partial charge in [0, 0.05) is 24.3 Å². The van der Waals surface area contributed by atoms with Crippen LogP contribution < -0.4 is 19.8 Å². The van der Waals surface area contributed by atoms with Gasteiger partial charge in [0.1, 0.15) is 47.2 Å². The molecule has 6 heterocycles. The average Bonchev–Trinajstić information content (AvgIpc) is 3.49. The third-order valence-corrected chi connectivity index (χ3v) is 10.3. The largest absolute Gasteiger partial charge is 0.488 e. The zero-order valence-electron chi connectivity index (χ0n) is 30.4. The molecule has 0 saturated carbocycles. The van der Waals surface area contributed by atoms with E-state index in [-0.39, 0.29) is 11.7 Å². The van der Waals surface area contributed by atoms with Crippen LogP contribution in [0.5, 0.6) is 17.2 Å². The number of rotatable bonds is 12. The molecule has 0 aliphatic carbocycles. The number of furan rings is 2. The minimum absolute atomic E-state index is 0.00205. The number of benzene rings is 2. The Morgan fingerprint density at radius 3 is 2.02 bits per heavy atom. The predicted molar refractivity (Wildman–Crippen MR) is 197 cm³/mol. The van der Waals surface area contributed by atoms with Gasteiger partial charge in [-0.25, -0.2) is 4.79 Å². The number of fused-ring (bicyclic) bond motifs is 4. The van der Waals surface area contributed by atoms with Gasteiger partial charge in [0.25, 0.3) is 0 Å². The molecule has 52 heavy (non-hydrogen) atoms. The summed E-state index contributed by atoms with van der Waals surface area (Å²) >= 11 is 0. The molecule has 3 aliphatic heterocycles. The fourth-order valence-electron chi connectivity index (χ4n) is 7.13. The second-order valence-electron chi connectivity index (χ2n) is 15.0. The van der Waals surface area contributed by atoms with E-state index < -0.39 is 17.2 Å². The van der Waals surface area contributed by atoms with E-state index in [4.69, 9.17) is 41.7 Å². The summed E-state index contributed by atoms with van der Waals surface area (Å²) in [4.78, 5) is 11.8. The normalized spacial score (nSPS) is 23.4. The summed E-state index contributed by atoms with van der Waals surface area (Å²) < 4.78 is 54.7. The SMILES string of the molecule is CC(=CCOc1c2c(cc3occc13)O[C@@]1(C=C2)O[C@H](CCC(C)=CCOc2c3ccoc3cc3oc(=O)ccc23)C(C)(C)O1)CCC1OC1(C)C. The van der Waals surface area contributed by atoms with Crippen molar-refractivity contribution in [2.24, 2.45) is 0 Å². The van der Waals surface area contributed by atoms with E-state index >= 15 is 0 Å². The highest BCUT2D eigenvalue weighted by Crippen LogP contribution is 2.48. The molecule has 1 spiro atoms. The fraction of sp³-hybridized carbons (Fsp3) is 0.405. The monoisotopic (exact) mass is 708 g/mol. The molecule has 10 heteroatoms. The fourth-order valence-corrected chi connectivity index (χ4v) is 7.13. The molecule has 0 N–H and O–H groups in total. The van der Waals surface area contributed by atoms with Gasteiger partial charge in [-0.3, -0.25) is 0 Å². The van der Waals surface area contributed by atoms with Gasteiger partial charge >= 0.3 is 11.6 Å². The molecular formula is C42H44O10. The Balaban J connectivity index is 0.918. The summed E-state index contributed by atoms with van der Waals surface area (Å²) in [6.07, 6.45) is 14.7. The molecule has 10 nitrogen and oxygen atoms in total. The highest BCUT2D eigenvalue weighted by molar-refractivity contribution is 6.01. The summed E-state index contributed by atoms with van der Waals surface area (Å²) in [6.45, 7) is 13.3. The van der Waals surface area contributed by atoms with Crippen LogP contribution >= 0.6 is 0 Å². The molecule has 2 fully saturated rings.